The van der Waals surface area contributed by atoms with E-state index in [-0.39, 0.29) is 12.6 Å². The molecule has 1 aromatic rings. The van der Waals surface area contributed by atoms with Gasteiger partial charge in [-0.3, -0.25) is 0 Å². The van der Waals surface area contributed by atoms with Crippen LogP contribution in [0.5, 0.6) is 0 Å². The van der Waals surface area contributed by atoms with Gasteiger partial charge in [0.1, 0.15) is 0 Å². The normalized spacial score (nSPS) is 12.9. The molecule has 0 aliphatic carbocycles. The van der Waals surface area contributed by atoms with Gasteiger partial charge < -0.3 is 10.8 Å². The molecule has 0 aromatic heterocycles. The molecule has 0 amide bonds. The number of benzene rings is 1. The number of hydrogen-bond acceptors (Lipinski definition) is 2. The minimum Gasteiger partial charge on any atom is -0.396 e. The maximum atomic E-state index is 8.73. The first-order valence-corrected chi connectivity index (χ1v) is 5.83. The summed E-state index contributed by atoms with van der Waals surface area (Å²) < 4.78 is 2.22. The molecule has 3 N–H and O–H groups in total. The van der Waals surface area contributed by atoms with Crippen LogP contribution in [0.4, 0.5) is 0 Å². The molecule has 0 fully saturated rings. The van der Waals surface area contributed by atoms with E-state index in [9.17, 15) is 0 Å². The van der Waals surface area contributed by atoms with Crippen molar-refractivity contribution in [2.75, 3.05) is 6.61 Å². The highest BCUT2D eigenvalue weighted by molar-refractivity contribution is 14.1. The zero-order chi connectivity index (χ0) is 9.84. The minimum atomic E-state index is -0.0633. The summed E-state index contributed by atoms with van der Waals surface area (Å²) in [5, 5.41) is 8.73. The van der Waals surface area contributed by atoms with E-state index in [1.54, 1.807) is 0 Å². The van der Waals surface area contributed by atoms with Gasteiger partial charge in [0.25, 0.3) is 0 Å². The van der Waals surface area contributed by atoms with Crippen LogP contribution in [-0.4, -0.2) is 11.7 Å². The highest BCUT2D eigenvalue weighted by Gasteiger charge is 2.06. The van der Waals surface area contributed by atoms with Crippen LogP contribution in [0.3, 0.4) is 0 Å². The fourth-order valence-corrected chi connectivity index (χ4v) is 1.83. The van der Waals surface area contributed by atoms with Gasteiger partial charge in [-0.2, -0.15) is 0 Å². The largest absolute Gasteiger partial charge is 0.396 e. The maximum Gasteiger partial charge on any atom is 0.0449 e. The van der Waals surface area contributed by atoms with Crippen molar-refractivity contribution in [1.29, 1.82) is 0 Å². The Morgan fingerprint density at radius 2 is 2.23 bits per heavy atom. The molecule has 0 radical (unpaired) electrons. The zero-order valence-electron chi connectivity index (χ0n) is 7.00. The summed E-state index contributed by atoms with van der Waals surface area (Å²) in [6, 6.07) is 5.93. The third-order valence-electron chi connectivity index (χ3n) is 1.81. The number of nitrogens with two attached hydrogens (primary N) is 1. The van der Waals surface area contributed by atoms with Crippen molar-refractivity contribution < 1.29 is 5.11 Å². The number of aliphatic hydroxyl groups excluding tert-OH is 1. The molecule has 0 saturated carbocycles. The lowest BCUT2D eigenvalue weighted by Crippen LogP contribution is -2.11. The number of halogens is 2. The first-order valence-electron chi connectivity index (χ1n) is 3.96. The summed E-state index contributed by atoms with van der Waals surface area (Å²) in [6.45, 7) is 0.133. The smallest absolute Gasteiger partial charge is 0.0449 e. The van der Waals surface area contributed by atoms with E-state index >= 15 is 0 Å². The first kappa shape index (κ1) is 11.4. The molecule has 0 aliphatic heterocycles. The quantitative estimate of drug-likeness (QED) is 0.818. The van der Waals surface area contributed by atoms with E-state index in [1.165, 1.54) is 0 Å². The van der Waals surface area contributed by atoms with E-state index < -0.39 is 0 Å². The fourth-order valence-electron chi connectivity index (χ4n) is 1.05. The second-order valence-electron chi connectivity index (χ2n) is 2.79. The second kappa shape index (κ2) is 5.29. The summed E-state index contributed by atoms with van der Waals surface area (Å²) in [5.41, 5.74) is 6.92. The molecule has 4 heteroatoms. The van der Waals surface area contributed by atoms with Crippen LogP contribution < -0.4 is 5.73 Å². The predicted octanol–water partition coefficient (Wildman–Crippen LogP) is 2.44. The highest BCUT2D eigenvalue weighted by Crippen LogP contribution is 2.23. The Morgan fingerprint density at radius 3 is 2.77 bits per heavy atom. The van der Waals surface area contributed by atoms with Crippen LogP contribution in [0.2, 0.25) is 0 Å². The molecule has 13 heavy (non-hydrogen) atoms. The molecule has 0 saturated heterocycles. The van der Waals surface area contributed by atoms with Crippen LogP contribution in [-0.2, 0) is 0 Å². The summed E-state index contributed by atoms with van der Waals surface area (Å²) in [5.74, 6) is 0. The van der Waals surface area contributed by atoms with Crippen molar-refractivity contribution in [3.8, 4) is 0 Å². The van der Waals surface area contributed by atoms with Crippen molar-refractivity contribution in [3.05, 3.63) is 31.8 Å². The van der Waals surface area contributed by atoms with Crippen LogP contribution >= 0.6 is 38.5 Å². The summed E-state index contributed by atoms with van der Waals surface area (Å²) in [6.07, 6.45) is 0.609. The van der Waals surface area contributed by atoms with Crippen molar-refractivity contribution in [3.63, 3.8) is 0 Å². The van der Waals surface area contributed by atoms with Gasteiger partial charge >= 0.3 is 0 Å². The van der Waals surface area contributed by atoms with E-state index in [4.69, 9.17) is 10.8 Å². The van der Waals surface area contributed by atoms with Gasteiger partial charge in [-0.1, -0.05) is 6.07 Å². The average molecular weight is 356 g/mol. The van der Waals surface area contributed by atoms with Crippen molar-refractivity contribution in [2.45, 2.75) is 12.5 Å². The van der Waals surface area contributed by atoms with Gasteiger partial charge in [-0.05, 0) is 62.6 Å². The monoisotopic (exact) mass is 355 g/mol. The Bertz CT molecular complexity index is 293. The Kier molecular flexibility index (Phi) is 4.64. The lowest BCUT2D eigenvalue weighted by Gasteiger charge is -2.10. The molecule has 1 atom stereocenters. The third-order valence-corrected chi connectivity index (χ3v) is 4.14. The minimum absolute atomic E-state index is 0.0633. The van der Waals surface area contributed by atoms with Crippen LogP contribution in [0.15, 0.2) is 22.7 Å². The van der Waals surface area contributed by atoms with Gasteiger partial charge in [-0.25, -0.2) is 0 Å². The number of rotatable bonds is 3. The van der Waals surface area contributed by atoms with E-state index in [1.807, 2.05) is 18.2 Å². The summed E-state index contributed by atoms with van der Waals surface area (Å²) in [7, 11) is 0. The first-order chi connectivity index (χ1) is 6.15. The third kappa shape index (κ3) is 3.19. The van der Waals surface area contributed by atoms with E-state index in [2.05, 4.69) is 38.5 Å². The number of hydrogen-bond donors (Lipinski definition) is 2. The van der Waals surface area contributed by atoms with Gasteiger partial charge in [-0.15, -0.1) is 0 Å². The summed E-state index contributed by atoms with van der Waals surface area (Å²) in [4.78, 5) is 0. The Labute approximate surface area is 99.8 Å². The molecular weight excluding hydrogens is 345 g/mol. The molecule has 0 spiro atoms. The standard InChI is InChI=1S/C9H11BrINO/c10-7-2-1-6(5-8(7)11)9(12)3-4-13/h1-2,5,9,13H,3-4,12H2/t9-/m0/s1. The molecule has 72 valence electrons. The van der Waals surface area contributed by atoms with Crippen molar-refractivity contribution in [2.24, 2.45) is 5.73 Å². The van der Waals surface area contributed by atoms with Crippen LogP contribution in [0, 0.1) is 3.57 Å². The molecule has 0 aliphatic rings. The summed E-state index contributed by atoms with van der Waals surface area (Å²) >= 11 is 5.67. The Balaban J connectivity index is 2.84. The Hall–Kier alpha value is 0.350. The molecule has 1 aromatic carbocycles. The Morgan fingerprint density at radius 1 is 1.54 bits per heavy atom. The second-order valence-corrected chi connectivity index (χ2v) is 4.81. The predicted molar refractivity (Wildman–Crippen MR) is 65.5 cm³/mol. The topological polar surface area (TPSA) is 46.2 Å². The van der Waals surface area contributed by atoms with Crippen LogP contribution in [0.25, 0.3) is 0 Å². The molecule has 0 bridgehead atoms. The van der Waals surface area contributed by atoms with Crippen LogP contribution in [0.1, 0.15) is 18.0 Å². The lowest BCUT2D eigenvalue weighted by atomic mass is 10.1. The van der Waals surface area contributed by atoms with Gasteiger partial charge in [0.2, 0.25) is 0 Å². The highest BCUT2D eigenvalue weighted by atomic mass is 127. The molecular formula is C9H11BrINO. The SMILES string of the molecule is N[C@@H](CCO)c1ccc(Br)c(I)c1. The van der Waals surface area contributed by atoms with Gasteiger partial charge in [0, 0.05) is 20.7 Å². The number of aliphatic hydroxyl groups is 1. The molecule has 2 nitrogen and oxygen atoms in total. The van der Waals surface area contributed by atoms with Gasteiger partial charge in [0.15, 0.2) is 0 Å². The van der Waals surface area contributed by atoms with Crippen molar-refractivity contribution >= 4 is 38.5 Å². The molecule has 0 heterocycles. The maximum absolute atomic E-state index is 8.73. The fraction of sp³-hybridized carbons (Fsp3) is 0.333. The molecule has 0 unspecified atom stereocenters. The lowest BCUT2D eigenvalue weighted by molar-refractivity contribution is 0.276. The molecule has 1 rings (SSSR count). The zero-order valence-corrected chi connectivity index (χ0v) is 10.7. The van der Waals surface area contributed by atoms with E-state index in [0.29, 0.717) is 6.42 Å². The average Bonchev–Trinajstić information content (AvgIpc) is 2.10. The van der Waals surface area contributed by atoms with E-state index in [0.717, 1.165) is 13.6 Å². The van der Waals surface area contributed by atoms with Crippen molar-refractivity contribution in [1.82, 2.24) is 0 Å². The van der Waals surface area contributed by atoms with Gasteiger partial charge in [0.05, 0.1) is 0 Å².